The first-order valence-electron chi connectivity index (χ1n) is 5.93. The van der Waals surface area contributed by atoms with Crippen molar-refractivity contribution < 1.29 is 9.47 Å². The molecular weight excluding hydrogens is 303 g/mol. The molecule has 1 atom stereocenters. The number of ether oxygens (including phenoxy) is 2. The van der Waals surface area contributed by atoms with Crippen LogP contribution in [0.4, 0.5) is 0 Å². The van der Waals surface area contributed by atoms with Gasteiger partial charge in [-0.25, -0.2) is 0 Å². The summed E-state index contributed by atoms with van der Waals surface area (Å²) in [5, 5.41) is 0.761. The second-order valence-electron chi connectivity index (χ2n) is 4.15. The van der Waals surface area contributed by atoms with Crippen molar-refractivity contribution in [3.8, 4) is 0 Å². The highest BCUT2D eigenvalue weighted by molar-refractivity contribution is 9.10. The Morgan fingerprint density at radius 1 is 1.41 bits per heavy atom. The van der Waals surface area contributed by atoms with Gasteiger partial charge in [0.15, 0.2) is 6.29 Å². The van der Waals surface area contributed by atoms with Crippen LogP contribution in [0, 0.1) is 0 Å². The smallest absolute Gasteiger partial charge is 0.157 e. The van der Waals surface area contributed by atoms with Gasteiger partial charge in [-0.15, -0.1) is 0 Å². The molecule has 0 saturated carbocycles. The standard InChI is InChI=1S/C13H16BrClO2/c14-12-5-4-11(15)9-10(12)6-8-17-13-3-1-2-7-16-13/h4-5,9,13H,1-3,6-8H2. The van der Waals surface area contributed by atoms with Gasteiger partial charge in [-0.05, 0) is 49.4 Å². The quantitative estimate of drug-likeness (QED) is 0.828. The van der Waals surface area contributed by atoms with Crippen LogP contribution in [0.2, 0.25) is 5.02 Å². The van der Waals surface area contributed by atoms with Gasteiger partial charge < -0.3 is 9.47 Å². The zero-order chi connectivity index (χ0) is 12.1. The third-order valence-electron chi connectivity index (χ3n) is 2.82. The topological polar surface area (TPSA) is 18.5 Å². The Kier molecular flexibility index (Phi) is 5.29. The minimum absolute atomic E-state index is 0.0123. The lowest BCUT2D eigenvalue weighted by Crippen LogP contribution is -2.23. The maximum Gasteiger partial charge on any atom is 0.157 e. The first kappa shape index (κ1) is 13.3. The van der Waals surface area contributed by atoms with Gasteiger partial charge in [-0.1, -0.05) is 27.5 Å². The number of halogens is 2. The molecule has 94 valence electrons. The van der Waals surface area contributed by atoms with Crippen molar-refractivity contribution in [3.05, 3.63) is 33.3 Å². The highest BCUT2D eigenvalue weighted by atomic mass is 79.9. The number of rotatable bonds is 4. The van der Waals surface area contributed by atoms with Crippen molar-refractivity contribution in [1.82, 2.24) is 0 Å². The van der Waals surface area contributed by atoms with E-state index in [4.69, 9.17) is 21.1 Å². The molecule has 1 heterocycles. The first-order valence-corrected chi connectivity index (χ1v) is 7.10. The van der Waals surface area contributed by atoms with Gasteiger partial charge in [0.25, 0.3) is 0 Å². The fraction of sp³-hybridized carbons (Fsp3) is 0.538. The molecule has 1 saturated heterocycles. The van der Waals surface area contributed by atoms with Gasteiger partial charge in [-0.3, -0.25) is 0 Å². The van der Waals surface area contributed by atoms with E-state index in [0.717, 1.165) is 35.4 Å². The summed E-state index contributed by atoms with van der Waals surface area (Å²) in [5.41, 5.74) is 1.17. The molecule has 17 heavy (non-hydrogen) atoms. The predicted octanol–water partition coefficient (Wildman–Crippen LogP) is 4.19. The molecule has 1 aromatic rings. The highest BCUT2D eigenvalue weighted by Gasteiger charge is 2.13. The summed E-state index contributed by atoms with van der Waals surface area (Å²) in [5.74, 6) is 0. The van der Waals surface area contributed by atoms with E-state index in [9.17, 15) is 0 Å². The van der Waals surface area contributed by atoms with Gasteiger partial charge in [0.05, 0.1) is 6.61 Å². The molecule has 1 aromatic carbocycles. The molecule has 0 amide bonds. The highest BCUT2D eigenvalue weighted by Crippen LogP contribution is 2.22. The summed E-state index contributed by atoms with van der Waals surface area (Å²) in [6, 6.07) is 5.81. The van der Waals surface area contributed by atoms with E-state index in [1.165, 1.54) is 12.0 Å². The van der Waals surface area contributed by atoms with E-state index < -0.39 is 0 Å². The average molecular weight is 320 g/mol. The normalized spacial score (nSPS) is 20.5. The molecule has 0 bridgehead atoms. The molecular formula is C13H16BrClO2. The van der Waals surface area contributed by atoms with Crippen molar-refractivity contribution in [2.75, 3.05) is 13.2 Å². The van der Waals surface area contributed by atoms with Crippen LogP contribution in [0.15, 0.2) is 22.7 Å². The summed E-state index contributed by atoms with van der Waals surface area (Å²) in [7, 11) is 0. The zero-order valence-corrected chi connectivity index (χ0v) is 12.0. The second kappa shape index (κ2) is 6.74. The molecule has 0 radical (unpaired) electrons. The molecule has 2 nitrogen and oxygen atoms in total. The van der Waals surface area contributed by atoms with Crippen LogP contribution in [-0.4, -0.2) is 19.5 Å². The molecule has 1 aliphatic heterocycles. The zero-order valence-electron chi connectivity index (χ0n) is 9.62. The van der Waals surface area contributed by atoms with Crippen LogP contribution in [0.1, 0.15) is 24.8 Å². The number of benzene rings is 1. The molecule has 1 aliphatic rings. The van der Waals surface area contributed by atoms with Crippen LogP contribution in [0.25, 0.3) is 0 Å². The van der Waals surface area contributed by atoms with Gasteiger partial charge >= 0.3 is 0 Å². The Bertz CT molecular complexity index is 364. The summed E-state index contributed by atoms with van der Waals surface area (Å²) in [6.45, 7) is 1.50. The Balaban J connectivity index is 1.79. The molecule has 1 fully saturated rings. The molecule has 0 aliphatic carbocycles. The second-order valence-corrected chi connectivity index (χ2v) is 5.44. The monoisotopic (exact) mass is 318 g/mol. The third-order valence-corrected chi connectivity index (χ3v) is 3.83. The van der Waals surface area contributed by atoms with Crippen molar-refractivity contribution in [2.45, 2.75) is 32.0 Å². The lowest BCUT2D eigenvalue weighted by atomic mass is 10.1. The van der Waals surface area contributed by atoms with Crippen LogP contribution in [0.5, 0.6) is 0 Å². The van der Waals surface area contributed by atoms with Crippen molar-refractivity contribution in [2.24, 2.45) is 0 Å². The predicted molar refractivity (Wildman–Crippen MR) is 72.4 cm³/mol. The van der Waals surface area contributed by atoms with E-state index in [2.05, 4.69) is 15.9 Å². The van der Waals surface area contributed by atoms with Gasteiger partial charge in [0.1, 0.15) is 0 Å². The summed E-state index contributed by atoms with van der Waals surface area (Å²) in [6.07, 6.45) is 4.20. The van der Waals surface area contributed by atoms with Crippen LogP contribution >= 0.6 is 27.5 Å². The minimum Gasteiger partial charge on any atom is -0.353 e. The van der Waals surface area contributed by atoms with E-state index in [0.29, 0.717) is 6.61 Å². The van der Waals surface area contributed by atoms with E-state index in [1.54, 1.807) is 0 Å². The number of hydrogen-bond acceptors (Lipinski definition) is 2. The average Bonchev–Trinajstić information content (AvgIpc) is 2.35. The molecule has 0 N–H and O–H groups in total. The molecule has 0 aromatic heterocycles. The Morgan fingerprint density at radius 3 is 3.06 bits per heavy atom. The molecule has 0 spiro atoms. The van der Waals surface area contributed by atoms with Gasteiger partial charge in [0, 0.05) is 16.1 Å². The van der Waals surface area contributed by atoms with Crippen LogP contribution < -0.4 is 0 Å². The molecule has 4 heteroatoms. The van der Waals surface area contributed by atoms with Crippen molar-refractivity contribution in [3.63, 3.8) is 0 Å². The van der Waals surface area contributed by atoms with E-state index in [1.807, 2.05) is 18.2 Å². The minimum atomic E-state index is -0.0123. The number of hydrogen-bond donors (Lipinski definition) is 0. The SMILES string of the molecule is Clc1ccc(Br)c(CCOC2CCCCO2)c1. The first-order chi connectivity index (χ1) is 8.25. The Labute approximate surface area is 115 Å². The lowest BCUT2D eigenvalue weighted by Gasteiger charge is -2.22. The van der Waals surface area contributed by atoms with E-state index >= 15 is 0 Å². The maximum absolute atomic E-state index is 5.96. The van der Waals surface area contributed by atoms with Gasteiger partial charge in [-0.2, -0.15) is 0 Å². The van der Waals surface area contributed by atoms with E-state index in [-0.39, 0.29) is 6.29 Å². The fourth-order valence-electron chi connectivity index (χ4n) is 1.88. The third kappa shape index (κ3) is 4.25. The van der Waals surface area contributed by atoms with Crippen LogP contribution in [-0.2, 0) is 15.9 Å². The summed E-state index contributed by atoms with van der Waals surface area (Å²) in [4.78, 5) is 0. The Morgan fingerprint density at radius 2 is 2.29 bits per heavy atom. The Hall–Kier alpha value is -0.0900. The van der Waals surface area contributed by atoms with Crippen LogP contribution in [0.3, 0.4) is 0 Å². The molecule has 1 unspecified atom stereocenters. The van der Waals surface area contributed by atoms with Gasteiger partial charge in [0.2, 0.25) is 0 Å². The lowest BCUT2D eigenvalue weighted by molar-refractivity contribution is -0.161. The van der Waals surface area contributed by atoms with Crippen molar-refractivity contribution in [1.29, 1.82) is 0 Å². The summed E-state index contributed by atoms with van der Waals surface area (Å²) < 4.78 is 12.3. The molecule has 2 rings (SSSR count). The fourth-order valence-corrected chi connectivity index (χ4v) is 2.52. The maximum atomic E-state index is 5.96. The largest absolute Gasteiger partial charge is 0.353 e. The van der Waals surface area contributed by atoms with Crippen molar-refractivity contribution >= 4 is 27.5 Å². The summed E-state index contributed by atoms with van der Waals surface area (Å²) >= 11 is 9.47.